The Kier molecular flexibility index (Phi) is 9.46. The summed E-state index contributed by atoms with van der Waals surface area (Å²) in [5.41, 5.74) is -1.37. The third-order valence-electron chi connectivity index (χ3n) is 7.79. The second-order valence-corrected chi connectivity index (χ2v) is 12.0. The number of hydrogen-bond donors (Lipinski definition) is 0. The van der Waals surface area contributed by atoms with Gasteiger partial charge in [-0.25, -0.2) is 8.42 Å². The molecule has 1 aliphatic heterocycles. The van der Waals surface area contributed by atoms with Crippen molar-refractivity contribution in [2.75, 3.05) is 6.61 Å². The smallest absolute Gasteiger partial charge is 0.289 e. The quantitative estimate of drug-likeness (QED) is 0.188. The van der Waals surface area contributed by atoms with E-state index in [0.717, 1.165) is 19.3 Å². The summed E-state index contributed by atoms with van der Waals surface area (Å²) in [6.45, 7) is 6.15. The first kappa shape index (κ1) is 27.7. The zero-order chi connectivity index (χ0) is 25.6. The van der Waals surface area contributed by atoms with Crippen molar-refractivity contribution >= 4 is 21.5 Å². The van der Waals surface area contributed by atoms with E-state index in [1.54, 1.807) is 0 Å². The van der Waals surface area contributed by atoms with Crippen molar-refractivity contribution in [3.05, 3.63) is 34.4 Å². The molecule has 8 nitrogen and oxygen atoms in total. The van der Waals surface area contributed by atoms with E-state index in [1.165, 1.54) is 54.3 Å². The van der Waals surface area contributed by atoms with Crippen molar-refractivity contribution in [1.82, 2.24) is 4.31 Å². The second kappa shape index (κ2) is 11.9. The summed E-state index contributed by atoms with van der Waals surface area (Å²) in [4.78, 5) is 24.2. The number of rotatable bonds is 13. The molecule has 0 bridgehead atoms. The number of ketones is 1. The first-order valence-corrected chi connectivity index (χ1v) is 14.6. The summed E-state index contributed by atoms with van der Waals surface area (Å²) in [5.74, 6) is -0.0903. The molecule has 1 aromatic carbocycles. The monoisotopic (exact) mass is 508 g/mol. The standard InChI is InChI=1S/C26H40N2O6S/c1-4-6-7-8-9-10-13-17-26(18-16-20(3)24(26)29)25-27(21(5-2)19-34-25)35(32,33)23-15-12-11-14-22(23)28(30)31/h11-12,14-15,20-21,25H,4-10,13,16-19H2,1-3H3/t20-,21-,25-,26+/m1/s1. The van der Waals surface area contributed by atoms with E-state index in [2.05, 4.69) is 6.92 Å². The molecule has 2 fully saturated rings. The number of carbonyl (C=O) groups is 1. The number of ether oxygens (including phenoxy) is 1. The molecular weight excluding hydrogens is 468 g/mol. The Morgan fingerprint density at radius 3 is 2.37 bits per heavy atom. The largest absolute Gasteiger partial charge is 0.359 e. The predicted molar refractivity (Wildman–Crippen MR) is 134 cm³/mol. The van der Waals surface area contributed by atoms with Crippen LogP contribution in [0.25, 0.3) is 0 Å². The molecule has 2 aliphatic rings. The number of unbranched alkanes of at least 4 members (excludes halogenated alkanes) is 6. The molecule has 1 saturated carbocycles. The van der Waals surface area contributed by atoms with Gasteiger partial charge in [0, 0.05) is 12.0 Å². The number of nitro groups is 1. The molecule has 0 radical (unpaired) electrons. The Morgan fingerprint density at radius 2 is 1.77 bits per heavy atom. The molecule has 196 valence electrons. The lowest BCUT2D eigenvalue weighted by Gasteiger charge is -2.39. The molecule has 35 heavy (non-hydrogen) atoms. The highest BCUT2D eigenvalue weighted by atomic mass is 32.2. The van der Waals surface area contributed by atoms with Crippen LogP contribution in [-0.4, -0.2) is 42.3 Å². The average molecular weight is 509 g/mol. The Bertz CT molecular complexity index is 997. The van der Waals surface area contributed by atoms with Gasteiger partial charge in [-0.3, -0.25) is 14.9 Å². The molecule has 0 spiro atoms. The molecule has 9 heteroatoms. The Morgan fingerprint density at radius 1 is 1.11 bits per heavy atom. The summed E-state index contributed by atoms with van der Waals surface area (Å²) in [7, 11) is -4.27. The molecule has 0 unspecified atom stereocenters. The highest BCUT2D eigenvalue weighted by molar-refractivity contribution is 7.89. The van der Waals surface area contributed by atoms with E-state index >= 15 is 0 Å². The maximum Gasteiger partial charge on any atom is 0.289 e. The van der Waals surface area contributed by atoms with Gasteiger partial charge in [-0.1, -0.05) is 77.8 Å². The van der Waals surface area contributed by atoms with Crippen LogP contribution in [0.3, 0.4) is 0 Å². The van der Waals surface area contributed by atoms with Gasteiger partial charge in [0.2, 0.25) is 0 Å². The van der Waals surface area contributed by atoms with Crippen LogP contribution in [0.15, 0.2) is 29.2 Å². The Labute approximate surface area is 209 Å². The summed E-state index contributed by atoms with van der Waals surface area (Å²) in [6, 6.07) is 4.95. The van der Waals surface area contributed by atoms with Crippen molar-refractivity contribution < 1.29 is 22.9 Å². The van der Waals surface area contributed by atoms with Crippen LogP contribution < -0.4 is 0 Å². The van der Waals surface area contributed by atoms with Gasteiger partial charge in [0.15, 0.2) is 4.90 Å². The first-order valence-electron chi connectivity index (χ1n) is 13.1. The summed E-state index contributed by atoms with van der Waals surface area (Å²) in [5, 5.41) is 11.6. The zero-order valence-electron chi connectivity index (χ0n) is 21.3. The van der Waals surface area contributed by atoms with Gasteiger partial charge in [-0.15, -0.1) is 0 Å². The number of carbonyl (C=O) groups excluding carboxylic acids is 1. The minimum atomic E-state index is -4.27. The fourth-order valence-corrected chi connectivity index (χ4v) is 7.74. The lowest BCUT2D eigenvalue weighted by molar-refractivity contribution is -0.387. The molecule has 4 atom stereocenters. The van der Waals surface area contributed by atoms with Crippen molar-refractivity contribution in [2.24, 2.45) is 11.3 Å². The molecule has 3 rings (SSSR count). The lowest BCUT2D eigenvalue weighted by Crippen LogP contribution is -2.52. The van der Waals surface area contributed by atoms with E-state index in [-0.39, 0.29) is 23.2 Å². The van der Waals surface area contributed by atoms with Gasteiger partial charge >= 0.3 is 0 Å². The number of sulfonamides is 1. The topological polar surface area (TPSA) is 107 Å². The second-order valence-electron chi connectivity index (χ2n) is 10.1. The number of para-hydroxylation sites is 1. The molecule has 1 saturated heterocycles. The molecular formula is C26H40N2O6S. The molecule has 0 aromatic heterocycles. The van der Waals surface area contributed by atoms with Gasteiger partial charge in [0.05, 0.1) is 23.0 Å². The van der Waals surface area contributed by atoms with E-state index in [4.69, 9.17) is 4.74 Å². The number of Topliss-reactive ketones (excluding diaryl/α,β-unsaturated/α-hetero) is 1. The summed E-state index contributed by atoms with van der Waals surface area (Å²) >= 11 is 0. The van der Waals surface area contributed by atoms with Gasteiger partial charge in [0.1, 0.15) is 12.0 Å². The molecule has 0 N–H and O–H groups in total. The molecule has 1 aromatic rings. The molecule has 1 heterocycles. The van der Waals surface area contributed by atoms with E-state index in [0.29, 0.717) is 25.7 Å². The molecule has 1 aliphatic carbocycles. The van der Waals surface area contributed by atoms with Crippen LogP contribution in [0.1, 0.15) is 91.4 Å². The van der Waals surface area contributed by atoms with Crippen molar-refractivity contribution in [3.63, 3.8) is 0 Å². The van der Waals surface area contributed by atoms with Crippen molar-refractivity contribution in [3.8, 4) is 0 Å². The number of nitro benzene ring substituents is 1. The van der Waals surface area contributed by atoms with Crippen LogP contribution in [0, 0.1) is 21.4 Å². The van der Waals surface area contributed by atoms with Gasteiger partial charge in [0.25, 0.3) is 15.7 Å². The maximum atomic E-state index is 13.9. The van der Waals surface area contributed by atoms with E-state index in [9.17, 15) is 23.3 Å². The maximum absolute atomic E-state index is 13.9. The highest BCUT2D eigenvalue weighted by Gasteiger charge is 2.59. The number of hydrogen-bond acceptors (Lipinski definition) is 6. The van der Waals surface area contributed by atoms with Crippen molar-refractivity contribution in [2.45, 2.75) is 109 Å². The predicted octanol–water partition coefficient (Wildman–Crippen LogP) is 5.85. The zero-order valence-corrected chi connectivity index (χ0v) is 22.1. The van der Waals surface area contributed by atoms with Crippen LogP contribution >= 0.6 is 0 Å². The minimum Gasteiger partial charge on any atom is -0.359 e. The minimum absolute atomic E-state index is 0.0630. The van der Waals surface area contributed by atoms with Crippen molar-refractivity contribution in [1.29, 1.82) is 0 Å². The lowest BCUT2D eigenvalue weighted by atomic mass is 9.77. The van der Waals surface area contributed by atoms with Gasteiger partial charge in [-0.05, 0) is 31.7 Å². The fraction of sp³-hybridized carbons (Fsp3) is 0.731. The van der Waals surface area contributed by atoms with Crippen LogP contribution in [0.4, 0.5) is 5.69 Å². The van der Waals surface area contributed by atoms with Crippen LogP contribution in [0.5, 0.6) is 0 Å². The van der Waals surface area contributed by atoms with Gasteiger partial charge in [-0.2, -0.15) is 4.31 Å². The highest BCUT2D eigenvalue weighted by Crippen LogP contribution is 2.50. The normalized spacial score (nSPS) is 27.5. The summed E-state index contributed by atoms with van der Waals surface area (Å²) < 4.78 is 35.3. The third kappa shape index (κ3) is 5.62. The van der Waals surface area contributed by atoms with E-state index < -0.39 is 38.3 Å². The first-order chi connectivity index (χ1) is 16.7. The van der Waals surface area contributed by atoms with E-state index in [1.807, 2.05) is 13.8 Å². The number of benzene rings is 1. The van der Waals surface area contributed by atoms with Crippen LogP contribution in [0.2, 0.25) is 0 Å². The SMILES string of the molecule is CCCCCCCCC[C@]1([C@H]2OC[C@@H](CC)N2S(=O)(=O)c2ccccc2[N+](=O)[O-])CC[C@@H](C)C1=O. The average Bonchev–Trinajstić information content (AvgIpc) is 3.41. The van der Waals surface area contributed by atoms with Crippen LogP contribution in [-0.2, 0) is 19.6 Å². The summed E-state index contributed by atoms with van der Waals surface area (Å²) in [6.07, 6.45) is 9.14. The molecule has 0 amide bonds. The third-order valence-corrected chi connectivity index (χ3v) is 9.73. The Balaban J connectivity index is 1.93. The number of nitrogens with zero attached hydrogens (tertiary/aromatic N) is 2. The fourth-order valence-electron chi connectivity index (χ4n) is 5.74. The van der Waals surface area contributed by atoms with Gasteiger partial charge < -0.3 is 4.74 Å². The Hall–Kier alpha value is -1.84.